The van der Waals surface area contributed by atoms with Crippen molar-refractivity contribution >= 4 is 5.97 Å². The van der Waals surface area contributed by atoms with Gasteiger partial charge in [0.2, 0.25) is 0 Å². The van der Waals surface area contributed by atoms with E-state index in [0.717, 1.165) is 16.7 Å². The Bertz CT molecular complexity index is 563. The standard InChI is InChI=1S/C16H17NO2/c1-16(17-2,15(18)19)14-10-8-13(9-11-14)12-6-4-3-5-7-12/h3-11,17H,1-2H3,(H,18,19). The number of aliphatic carboxylic acids is 1. The van der Waals surface area contributed by atoms with Crippen LogP contribution in [0.1, 0.15) is 12.5 Å². The summed E-state index contributed by atoms with van der Waals surface area (Å²) in [6.45, 7) is 1.66. The van der Waals surface area contributed by atoms with Gasteiger partial charge in [-0.25, -0.2) is 4.79 Å². The van der Waals surface area contributed by atoms with Gasteiger partial charge in [0.05, 0.1) is 0 Å². The molecule has 0 aliphatic rings. The molecule has 1 unspecified atom stereocenters. The van der Waals surface area contributed by atoms with Gasteiger partial charge in [0.15, 0.2) is 0 Å². The zero-order valence-electron chi connectivity index (χ0n) is 11.1. The fourth-order valence-electron chi connectivity index (χ4n) is 2.00. The average Bonchev–Trinajstić information content (AvgIpc) is 2.47. The lowest BCUT2D eigenvalue weighted by molar-refractivity contribution is -0.144. The Morgan fingerprint density at radius 3 is 2.00 bits per heavy atom. The van der Waals surface area contributed by atoms with Gasteiger partial charge in [0.25, 0.3) is 0 Å². The summed E-state index contributed by atoms with van der Waals surface area (Å²) in [7, 11) is 1.65. The lowest BCUT2D eigenvalue weighted by atomic mass is 9.91. The summed E-state index contributed by atoms with van der Waals surface area (Å²) in [5.41, 5.74) is 1.88. The van der Waals surface area contributed by atoms with Crippen molar-refractivity contribution in [1.82, 2.24) is 5.32 Å². The molecule has 0 fully saturated rings. The van der Waals surface area contributed by atoms with E-state index in [0.29, 0.717) is 0 Å². The Morgan fingerprint density at radius 1 is 1.00 bits per heavy atom. The summed E-state index contributed by atoms with van der Waals surface area (Å²) in [6.07, 6.45) is 0. The smallest absolute Gasteiger partial charge is 0.328 e. The molecule has 2 aromatic rings. The third-order valence-electron chi connectivity index (χ3n) is 3.50. The maximum absolute atomic E-state index is 11.3. The van der Waals surface area contributed by atoms with Gasteiger partial charge in [-0.1, -0.05) is 54.6 Å². The molecule has 2 rings (SSSR count). The van der Waals surface area contributed by atoms with Crippen LogP contribution in [0.15, 0.2) is 54.6 Å². The van der Waals surface area contributed by atoms with E-state index in [-0.39, 0.29) is 0 Å². The molecular formula is C16H17NO2. The second-order valence-electron chi connectivity index (χ2n) is 4.62. The number of rotatable bonds is 4. The fourth-order valence-corrected chi connectivity index (χ4v) is 2.00. The van der Waals surface area contributed by atoms with Crippen LogP contribution in [0, 0.1) is 0 Å². The Morgan fingerprint density at radius 2 is 1.53 bits per heavy atom. The van der Waals surface area contributed by atoms with Crippen LogP contribution in [0.2, 0.25) is 0 Å². The van der Waals surface area contributed by atoms with Gasteiger partial charge in [0, 0.05) is 0 Å². The lowest BCUT2D eigenvalue weighted by Gasteiger charge is -2.24. The van der Waals surface area contributed by atoms with Crippen molar-refractivity contribution in [2.75, 3.05) is 7.05 Å². The van der Waals surface area contributed by atoms with Crippen LogP contribution in [-0.2, 0) is 10.3 Å². The summed E-state index contributed by atoms with van der Waals surface area (Å²) < 4.78 is 0. The Labute approximate surface area is 112 Å². The van der Waals surface area contributed by atoms with Crippen LogP contribution in [0.4, 0.5) is 0 Å². The zero-order valence-corrected chi connectivity index (χ0v) is 11.1. The van der Waals surface area contributed by atoms with E-state index in [9.17, 15) is 9.90 Å². The molecule has 3 nitrogen and oxygen atoms in total. The molecule has 0 heterocycles. The number of carboxylic acids is 1. The minimum atomic E-state index is -1.06. The van der Waals surface area contributed by atoms with Crippen LogP contribution in [0.3, 0.4) is 0 Å². The van der Waals surface area contributed by atoms with E-state index in [2.05, 4.69) is 5.32 Å². The van der Waals surface area contributed by atoms with Crippen molar-refractivity contribution in [2.45, 2.75) is 12.5 Å². The largest absolute Gasteiger partial charge is 0.480 e. The summed E-state index contributed by atoms with van der Waals surface area (Å²) in [4.78, 5) is 11.3. The van der Waals surface area contributed by atoms with E-state index in [1.807, 2.05) is 54.6 Å². The Kier molecular flexibility index (Phi) is 3.67. The normalized spacial score (nSPS) is 13.8. The number of nitrogens with one attached hydrogen (secondary N) is 1. The quantitative estimate of drug-likeness (QED) is 0.883. The van der Waals surface area contributed by atoms with E-state index in [1.165, 1.54) is 0 Å². The van der Waals surface area contributed by atoms with E-state index in [4.69, 9.17) is 0 Å². The van der Waals surface area contributed by atoms with Crippen molar-refractivity contribution in [3.8, 4) is 11.1 Å². The van der Waals surface area contributed by atoms with Crippen molar-refractivity contribution in [1.29, 1.82) is 0 Å². The van der Waals surface area contributed by atoms with Gasteiger partial charge in [-0.15, -0.1) is 0 Å². The van der Waals surface area contributed by atoms with Gasteiger partial charge < -0.3 is 10.4 Å². The van der Waals surface area contributed by atoms with Crippen molar-refractivity contribution in [2.24, 2.45) is 0 Å². The summed E-state index contributed by atoms with van der Waals surface area (Å²) in [5, 5.41) is 12.2. The highest BCUT2D eigenvalue weighted by Crippen LogP contribution is 2.25. The van der Waals surface area contributed by atoms with Crippen LogP contribution in [-0.4, -0.2) is 18.1 Å². The lowest BCUT2D eigenvalue weighted by Crippen LogP contribution is -2.44. The average molecular weight is 255 g/mol. The van der Waals surface area contributed by atoms with Crippen LogP contribution < -0.4 is 5.32 Å². The van der Waals surface area contributed by atoms with Gasteiger partial charge in [0.1, 0.15) is 5.54 Å². The molecule has 1 atom stereocenters. The second kappa shape index (κ2) is 5.24. The predicted molar refractivity (Wildman–Crippen MR) is 75.9 cm³/mol. The highest BCUT2D eigenvalue weighted by Gasteiger charge is 2.33. The third-order valence-corrected chi connectivity index (χ3v) is 3.50. The molecule has 0 saturated heterocycles. The molecule has 0 spiro atoms. The van der Waals surface area contributed by atoms with E-state index in [1.54, 1.807) is 14.0 Å². The van der Waals surface area contributed by atoms with Gasteiger partial charge >= 0.3 is 5.97 Å². The summed E-state index contributed by atoms with van der Waals surface area (Å²) >= 11 is 0. The molecule has 0 amide bonds. The second-order valence-corrected chi connectivity index (χ2v) is 4.62. The number of benzene rings is 2. The summed E-state index contributed by atoms with van der Waals surface area (Å²) in [6, 6.07) is 17.6. The fraction of sp³-hybridized carbons (Fsp3) is 0.188. The van der Waals surface area contributed by atoms with E-state index < -0.39 is 11.5 Å². The van der Waals surface area contributed by atoms with Crippen molar-refractivity contribution in [3.63, 3.8) is 0 Å². The number of carboxylic acid groups (broad SMARTS) is 1. The molecular weight excluding hydrogens is 238 g/mol. The highest BCUT2D eigenvalue weighted by molar-refractivity contribution is 5.80. The third kappa shape index (κ3) is 2.51. The molecule has 0 radical (unpaired) electrons. The van der Waals surface area contributed by atoms with E-state index >= 15 is 0 Å². The minimum absolute atomic E-state index is 0.738. The molecule has 3 heteroatoms. The molecule has 2 aromatic carbocycles. The molecule has 0 aromatic heterocycles. The van der Waals surface area contributed by atoms with Crippen LogP contribution in [0.5, 0.6) is 0 Å². The van der Waals surface area contributed by atoms with Gasteiger partial charge in [-0.3, -0.25) is 0 Å². The first-order valence-electron chi connectivity index (χ1n) is 6.16. The maximum atomic E-state index is 11.3. The zero-order chi connectivity index (χ0) is 13.9. The number of hydrogen-bond acceptors (Lipinski definition) is 2. The molecule has 0 saturated carbocycles. The van der Waals surface area contributed by atoms with Crippen molar-refractivity contribution in [3.05, 3.63) is 60.2 Å². The van der Waals surface area contributed by atoms with Crippen molar-refractivity contribution < 1.29 is 9.90 Å². The molecule has 0 bridgehead atoms. The highest BCUT2D eigenvalue weighted by atomic mass is 16.4. The first-order chi connectivity index (χ1) is 9.08. The number of likely N-dealkylation sites (N-methyl/N-ethyl adjacent to an activating group) is 1. The van der Waals surface area contributed by atoms with Gasteiger partial charge in [-0.05, 0) is 30.7 Å². The maximum Gasteiger partial charge on any atom is 0.328 e. The van der Waals surface area contributed by atoms with Crippen LogP contribution in [0.25, 0.3) is 11.1 Å². The SMILES string of the molecule is CNC(C)(C(=O)O)c1ccc(-c2ccccc2)cc1. The molecule has 0 aliphatic carbocycles. The number of hydrogen-bond donors (Lipinski definition) is 2. The first kappa shape index (κ1) is 13.3. The predicted octanol–water partition coefficient (Wildman–Crippen LogP) is 2.87. The first-order valence-corrected chi connectivity index (χ1v) is 6.16. The molecule has 0 aliphatic heterocycles. The molecule has 19 heavy (non-hydrogen) atoms. The van der Waals surface area contributed by atoms with Crippen LogP contribution >= 0.6 is 0 Å². The molecule has 2 N–H and O–H groups in total. The van der Waals surface area contributed by atoms with Gasteiger partial charge in [-0.2, -0.15) is 0 Å². The minimum Gasteiger partial charge on any atom is -0.480 e. The Balaban J connectivity index is 2.36. The monoisotopic (exact) mass is 255 g/mol. The topological polar surface area (TPSA) is 49.3 Å². The molecule has 98 valence electrons. The Hall–Kier alpha value is -2.13. The number of carbonyl (C=O) groups is 1. The summed E-state index contributed by atoms with van der Waals surface area (Å²) in [5.74, 6) is -0.887.